The van der Waals surface area contributed by atoms with Crippen LogP contribution >= 0.6 is 0 Å². The number of rotatable bonds is 4. The minimum absolute atomic E-state index is 0.359. The SMILES string of the molecule is C=CC[N]c1ccc(/C(C#N)=C/C#N)cc1. The van der Waals surface area contributed by atoms with E-state index in [0.717, 1.165) is 11.3 Å². The summed E-state index contributed by atoms with van der Waals surface area (Å²) in [7, 11) is 0. The first-order valence-electron chi connectivity index (χ1n) is 4.70. The minimum Gasteiger partial charge on any atom is -0.281 e. The van der Waals surface area contributed by atoms with Crippen molar-refractivity contribution in [3.05, 3.63) is 48.6 Å². The molecule has 0 aliphatic rings. The third-order valence-electron chi connectivity index (χ3n) is 1.91. The average Bonchev–Trinajstić information content (AvgIpc) is 2.34. The zero-order chi connectivity index (χ0) is 11.8. The number of allylic oxidation sites excluding steroid dienone is 2. The fraction of sp³-hybridized carbons (Fsp3) is 0.0769. The highest BCUT2D eigenvalue weighted by atomic mass is 14.8. The number of hydrogen-bond donors (Lipinski definition) is 0. The molecular formula is C13H10N3. The van der Waals surface area contributed by atoms with E-state index < -0.39 is 0 Å². The van der Waals surface area contributed by atoms with Gasteiger partial charge in [0.15, 0.2) is 0 Å². The molecule has 0 saturated carbocycles. The summed E-state index contributed by atoms with van der Waals surface area (Å²) in [6.45, 7) is 4.15. The summed E-state index contributed by atoms with van der Waals surface area (Å²) in [6.07, 6.45) is 2.94. The van der Waals surface area contributed by atoms with E-state index in [4.69, 9.17) is 10.5 Å². The molecule has 1 aromatic carbocycles. The third-order valence-corrected chi connectivity index (χ3v) is 1.91. The molecule has 1 rings (SSSR count). The van der Waals surface area contributed by atoms with Crippen molar-refractivity contribution >= 4 is 11.3 Å². The normalized spacial score (nSPS) is 10.0. The van der Waals surface area contributed by atoms with E-state index in [9.17, 15) is 0 Å². The van der Waals surface area contributed by atoms with E-state index in [-0.39, 0.29) is 0 Å². The van der Waals surface area contributed by atoms with Crippen molar-refractivity contribution in [2.24, 2.45) is 0 Å². The predicted molar refractivity (Wildman–Crippen MR) is 62.5 cm³/mol. The molecule has 77 valence electrons. The second kappa shape index (κ2) is 6.06. The Bertz CT molecular complexity index is 469. The standard InChI is InChI=1S/C13H10N3/c1-2-9-16-13-5-3-11(4-6-13)12(10-15)7-8-14/h2-7H,1,9H2/b12-7+. The van der Waals surface area contributed by atoms with Crippen molar-refractivity contribution in [2.75, 3.05) is 6.54 Å². The second-order valence-corrected chi connectivity index (χ2v) is 2.98. The first-order chi connectivity index (χ1) is 7.81. The highest BCUT2D eigenvalue weighted by Gasteiger charge is 2.00. The third kappa shape index (κ3) is 3.01. The topological polar surface area (TPSA) is 61.7 Å². The van der Waals surface area contributed by atoms with Gasteiger partial charge in [-0.1, -0.05) is 18.2 Å². The molecule has 0 heterocycles. The summed E-state index contributed by atoms with van der Waals surface area (Å²) in [5, 5.41) is 21.5. The number of nitriles is 2. The number of hydrogen-bond acceptors (Lipinski definition) is 2. The van der Waals surface area contributed by atoms with Crippen LogP contribution in [0.25, 0.3) is 5.57 Å². The van der Waals surface area contributed by atoms with Crippen molar-refractivity contribution < 1.29 is 0 Å². The molecule has 0 aliphatic carbocycles. The van der Waals surface area contributed by atoms with E-state index in [0.29, 0.717) is 12.1 Å². The molecule has 0 aromatic heterocycles. The molecule has 0 N–H and O–H groups in total. The Balaban J connectivity index is 2.87. The molecular weight excluding hydrogens is 198 g/mol. The first-order valence-corrected chi connectivity index (χ1v) is 4.70. The highest BCUT2D eigenvalue weighted by Crippen LogP contribution is 2.16. The lowest BCUT2D eigenvalue weighted by Gasteiger charge is -2.01. The summed E-state index contributed by atoms with van der Waals surface area (Å²) in [4.78, 5) is 0. The van der Waals surface area contributed by atoms with Gasteiger partial charge in [-0.15, -0.1) is 6.58 Å². The Morgan fingerprint density at radius 3 is 2.50 bits per heavy atom. The van der Waals surface area contributed by atoms with Gasteiger partial charge in [-0.05, 0) is 17.7 Å². The lowest BCUT2D eigenvalue weighted by Crippen LogP contribution is -1.95. The average molecular weight is 208 g/mol. The van der Waals surface area contributed by atoms with Crippen LogP contribution in [0.1, 0.15) is 5.56 Å². The van der Waals surface area contributed by atoms with Gasteiger partial charge >= 0.3 is 0 Å². The molecule has 0 spiro atoms. The van der Waals surface area contributed by atoms with E-state index in [1.54, 1.807) is 30.3 Å². The Labute approximate surface area is 94.9 Å². The van der Waals surface area contributed by atoms with Crippen molar-refractivity contribution in [1.82, 2.24) is 5.32 Å². The lowest BCUT2D eigenvalue weighted by atomic mass is 10.1. The van der Waals surface area contributed by atoms with Crippen LogP contribution in [-0.4, -0.2) is 6.54 Å². The van der Waals surface area contributed by atoms with Crippen LogP contribution in [0.5, 0.6) is 0 Å². The van der Waals surface area contributed by atoms with Gasteiger partial charge in [-0.25, -0.2) is 0 Å². The molecule has 3 nitrogen and oxygen atoms in total. The quantitative estimate of drug-likeness (QED) is 0.563. The second-order valence-electron chi connectivity index (χ2n) is 2.98. The van der Waals surface area contributed by atoms with Crippen LogP contribution in [-0.2, 0) is 0 Å². The van der Waals surface area contributed by atoms with Gasteiger partial charge in [0, 0.05) is 6.08 Å². The summed E-state index contributed by atoms with van der Waals surface area (Å²) in [5.74, 6) is 0. The van der Waals surface area contributed by atoms with Crippen molar-refractivity contribution in [3.8, 4) is 12.1 Å². The lowest BCUT2D eigenvalue weighted by molar-refractivity contribution is 0.979. The van der Waals surface area contributed by atoms with Crippen molar-refractivity contribution in [3.63, 3.8) is 0 Å². The molecule has 0 atom stereocenters. The zero-order valence-corrected chi connectivity index (χ0v) is 8.72. The van der Waals surface area contributed by atoms with Crippen LogP contribution in [0, 0.1) is 22.7 Å². The summed E-state index contributed by atoms with van der Waals surface area (Å²) < 4.78 is 0. The van der Waals surface area contributed by atoms with E-state index in [1.807, 2.05) is 12.1 Å². The van der Waals surface area contributed by atoms with Crippen LogP contribution in [0.4, 0.5) is 5.69 Å². The van der Waals surface area contributed by atoms with Crippen LogP contribution < -0.4 is 5.32 Å². The fourth-order valence-corrected chi connectivity index (χ4v) is 1.16. The molecule has 1 aromatic rings. The largest absolute Gasteiger partial charge is 0.281 e. The van der Waals surface area contributed by atoms with Gasteiger partial charge in [0.2, 0.25) is 0 Å². The molecule has 0 amide bonds. The number of benzene rings is 1. The Hall–Kier alpha value is -2.52. The molecule has 0 unspecified atom stereocenters. The summed E-state index contributed by atoms with van der Waals surface area (Å²) >= 11 is 0. The summed E-state index contributed by atoms with van der Waals surface area (Å²) in [6, 6.07) is 11.0. The monoisotopic (exact) mass is 208 g/mol. The molecule has 16 heavy (non-hydrogen) atoms. The molecule has 3 heteroatoms. The van der Waals surface area contributed by atoms with Gasteiger partial charge in [0.25, 0.3) is 0 Å². The van der Waals surface area contributed by atoms with Gasteiger partial charge in [-0.2, -0.15) is 10.5 Å². The van der Waals surface area contributed by atoms with Gasteiger partial charge in [-0.3, -0.25) is 5.32 Å². The first kappa shape index (κ1) is 11.6. The van der Waals surface area contributed by atoms with E-state index in [2.05, 4.69) is 11.9 Å². The Kier molecular flexibility index (Phi) is 4.37. The minimum atomic E-state index is 0.359. The Morgan fingerprint density at radius 1 is 1.31 bits per heavy atom. The Morgan fingerprint density at radius 2 is 2.00 bits per heavy atom. The summed E-state index contributed by atoms with van der Waals surface area (Å²) in [5.41, 5.74) is 1.91. The van der Waals surface area contributed by atoms with Crippen molar-refractivity contribution in [2.45, 2.75) is 0 Å². The van der Waals surface area contributed by atoms with Gasteiger partial charge in [0.1, 0.15) is 6.07 Å². The number of nitrogens with zero attached hydrogens (tertiary/aromatic N) is 3. The molecule has 0 fully saturated rings. The van der Waals surface area contributed by atoms with Crippen molar-refractivity contribution in [1.29, 1.82) is 10.5 Å². The zero-order valence-electron chi connectivity index (χ0n) is 8.72. The van der Waals surface area contributed by atoms with Crippen LogP contribution in [0.15, 0.2) is 43.0 Å². The van der Waals surface area contributed by atoms with Gasteiger partial charge in [0.05, 0.1) is 23.9 Å². The maximum atomic E-state index is 8.82. The van der Waals surface area contributed by atoms with Crippen LogP contribution in [0.2, 0.25) is 0 Å². The molecule has 1 radical (unpaired) electrons. The highest BCUT2D eigenvalue weighted by molar-refractivity contribution is 5.78. The maximum absolute atomic E-state index is 8.82. The van der Waals surface area contributed by atoms with E-state index in [1.165, 1.54) is 6.08 Å². The molecule has 0 saturated heterocycles. The van der Waals surface area contributed by atoms with Gasteiger partial charge < -0.3 is 0 Å². The maximum Gasteiger partial charge on any atom is 0.101 e. The predicted octanol–water partition coefficient (Wildman–Crippen LogP) is 2.54. The van der Waals surface area contributed by atoms with E-state index >= 15 is 0 Å². The fourth-order valence-electron chi connectivity index (χ4n) is 1.16. The smallest absolute Gasteiger partial charge is 0.101 e. The van der Waals surface area contributed by atoms with Crippen LogP contribution in [0.3, 0.4) is 0 Å². The molecule has 0 bridgehead atoms. The molecule has 0 aliphatic heterocycles.